The molecule has 0 aliphatic heterocycles. The minimum absolute atomic E-state index is 0.178. The molecule has 0 aliphatic carbocycles. The third-order valence-corrected chi connectivity index (χ3v) is 2.19. The molecule has 2 amide bonds. The van der Waals surface area contributed by atoms with Crippen LogP contribution in [0.3, 0.4) is 0 Å². The van der Waals surface area contributed by atoms with Gasteiger partial charge in [0.2, 0.25) is 11.8 Å². The van der Waals surface area contributed by atoms with Gasteiger partial charge < -0.3 is 22.5 Å². The number of primary amides is 1. The molecular weight excluding hydrogens is 220 g/mol. The summed E-state index contributed by atoms with van der Waals surface area (Å²) < 4.78 is 0. The van der Waals surface area contributed by atoms with Crippen LogP contribution in [0.5, 0.6) is 0 Å². The second-order valence-corrected chi connectivity index (χ2v) is 3.67. The van der Waals surface area contributed by atoms with Crippen LogP contribution in [-0.4, -0.2) is 17.9 Å². The Balaban J connectivity index is 2.64. The zero-order valence-corrected chi connectivity index (χ0v) is 9.35. The molecule has 0 fully saturated rings. The van der Waals surface area contributed by atoms with E-state index in [-0.39, 0.29) is 6.42 Å². The SMILES string of the molecule is NCc1cccc(NC(=O)[C@@H](N)CC(N)=O)c1. The molecule has 0 heterocycles. The maximum Gasteiger partial charge on any atom is 0.241 e. The van der Waals surface area contributed by atoms with E-state index >= 15 is 0 Å². The van der Waals surface area contributed by atoms with Gasteiger partial charge in [0.15, 0.2) is 0 Å². The van der Waals surface area contributed by atoms with Crippen molar-refractivity contribution in [2.24, 2.45) is 17.2 Å². The molecule has 0 aliphatic rings. The number of rotatable bonds is 5. The van der Waals surface area contributed by atoms with Crippen LogP contribution in [0, 0.1) is 0 Å². The topological polar surface area (TPSA) is 124 Å². The van der Waals surface area contributed by atoms with Gasteiger partial charge in [0.25, 0.3) is 0 Å². The van der Waals surface area contributed by atoms with E-state index in [1.165, 1.54) is 0 Å². The number of benzene rings is 1. The molecule has 7 N–H and O–H groups in total. The van der Waals surface area contributed by atoms with Crippen molar-refractivity contribution in [3.05, 3.63) is 29.8 Å². The minimum atomic E-state index is -0.936. The van der Waals surface area contributed by atoms with Crippen LogP contribution >= 0.6 is 0 Å². The van der Waals surface area contributed by atoms with Gasteiger partial charge in [-0.1, -0.05) is 12.1 Å². The smallest absolute Gasteiger partial charge is 0.241 e. The highest BCUT2D eigenvalue weighted by atomic mass is 16.2. The van der Waals surface area contributed by atoms with Gasteiger partial charge in [-0.3, -0.25) is 9.59 Å². The molecule has 0 unspecified atom stereocenters. The van der Waals surface area contributed by atoms with E-state index in [1.807, 2.05) is 6.07 Å². The van der Waals surface area contributed by atoms with Gasteiger partial charge in [0.1, 0.15) is 0 Å². The van der Waals surface area contributed by atoms with E-state index in [4.69, 9.17) is 17.2 Å². The monoisotopic (exact) mass is 236 g/mol. The van der Waals surface area contributed by atoms with Crippen molar-refractivity contribution in [1.29, 1.82) is 0 Å². The lowest BCUT2D eigenvalue weighted by Gasteiger charge is -2.11. The lowest BCUT2D eigenvalue weighted by molar-refractivity contribution is -0.123. The highest BCUT2D eigenvalue weighted by Gasteiger charge is 2.15. The van der Waals surface area contributed by atoms with Crippen LogP contribution in [0.25, 0.3) is 0 Å². The molecule has 6 heteroatoms. The van der Waals surface area contributed by atoms with Crippen LogP contribution in [0.1, 0.15) is 12.0 Å². The first-order valence-electron chi connectivity index (χ1n) is 5.16. The molecule has 6 nitrogen and oxygen atoms in total. The van der Waals surface area contributed by atoms with Crippen molar-refractivity contribution in [2.45, 2.75) is 19.0 Å². The summed E-state index contributed by atoms with van der Waals surface area (Å²) in [5.41, 5.74) is 17.4. The molecule has 0 aromatic heterocycles. The minimum Gasteiger partial charge on any atom is -0.370 e. The number of carbonyl (C=O) groups is 2. The summed E-state index contributed by atoms with van der Waals surface area (Å²) >= 11 is 0. The second kappa shape index (κ2) is 5.97. The molecule has 1 rings (SSSR count). The molecule has 92 valence electrons. The normalized spacial score (nSPS) is 11.9. The summed E-state index contributed by atoms with van der Waals surface area (Å²) in [6.07, 6.45) is -0.178. The Morgan fingerprint density at radius 1 is 1.35 bits per heavy atom. The fourth-order valence-electron chi connectivity index (χ4n) is 1.32. The van der Waals surface area contributed by atoms with Gasteiger partial charge in [-0.25, -0.2) is 0 Å². The fraction of sp³-hybridized carbons (Fsp3) is 0.273. The van der Waals surface area contributed by atoms with Gasteiger partial charge in [-0.2, -0.15) is 0 Å². The third-order valence-electron chi connectivity index (χ3n) is 2.19. The summed E-state index contributed by atoms with van der Waals surface area (Å²) in [6.45, 7) is 0.386. The predicted molar refractivity (Wildman–Crippen MR) is 64.7 cm³/mol. The predicted octanol–water partition coefficient (Wildman–Crippen LogP) is -0.713. The average molecular weight is 236 g/mol. The van der Waals surface area contributed by atoms with E-state index in [9.17, 15) is 9.59 Å². The van der Waals surface area contributed by atoms with E-state index < -0.39 is 17.9 Å². The molecule has 1 aromatic rings. The van der Waals surface area contributed by atoms with Crippen molar-refractivity contribution in [2.75, 3.05) is 5.32 Å². The van der Waals surface area contributed by atoms with Gasteiger partial charge in [-0.15, -0.1) is 0 Å². The molecule has 0 saturated carbocycles. The first kappa shape index (κ1) is 13.1. The van der Waals surface area contributed by atoms with Gasteiger partial charge in [0.05, 0.1) is 12.5 Å². The van der Waals surface area contributed by atoms with Crippen molar-refractivity contribution >= 4 is 17.5 Å². The lowest BCUT2D eigenvalue weighted by atomic mass is 10.1. The number of nitrogens with one attached hydrogen (secondary N) is 1. The van der Waals surface area contributed by atoms with Crippen LogP contribution in [-0.2, 0) is 16.1 Å². The Bertz CT molecular complexity index is 420. The lowest BCUT2D eigenvalue weighted by Crippen LogP contribution is -2.39. The van der Waals surface area contributed by atoms with E-state index in [0.29, 0.717) is 12.2 Å². The Labute approximate surface area is 99.1 Å². The molecule has 1 atom stereocenters. The molecule has 0 radical (unpaired) electrons. The van der Waals surface area contributed by atoms with Crippen molar-refractivity contribution in [3.63, 3.8) is 0 Å². The van der Waals surface area contributed by atoms with Crippen molar-refractivity contribution < 1.29 is 9.59 Å². The largest absolute Gasteiger partial charge is 0.370 e. The Kier molecular flexibility index (Phi) is 4.62. The maximum atomic E-state index is 11.6. The summed E-state index contributed by atoms with van der Waals surface area (Å²) in [5.74, 6) is -1.05. The molecule has 1 aromatic carbocycles. The van der Waals surface area contributed by atoms with Gasteiger partial charge in [-0.05, 0) is 17.7 Å². The zero-order chi connectivity index (χ0) is 12.8. The maximum absolute atomic E-state index is 11.6. The Morgan fingerprint density at radius 3 is 2.65 bits per heavy atom. The van der Waals surface area contributed by atoms with E-state index in [2.05, 4.69) is 5.32 Å². The molecule has 0 bridgehead atoms. The highest BCUT2D eigenvalue weighted by molar-refractivity contribution is 5.97. The summed E-state index contributed by atoms with van der Waals surface area (Å²) in [7, 11) is 0. The van der Waals surface area contributed by atoms with Crippen LogP contribution < -0.4 is 22.5 Å². The van der Waals surface area contributed by atoms with Crippen molar-refractivity contribution in [1.82, 2.24) is 0 Å². The summed E-state index contributed by atoms with van der Waals surface area (Å²) in [6, 6.07) is 6.15. The zero-order valence-electron chi connectivity index (χ0n) is 9.35. The molecule has 0 saturated heterocycles. The highest BCUT2D eigenvalue weighted by Crippen LogP contribution is 2.10. The molecule has 0 spiro atoms. The first-order chi connectivity index (χ1) is 8.02. The summed E-state index contributed by atoms with van der Waals surface area (Å²) in [5, 5.41) is 2.59. The Morgan fingerprint density at radius 2 is 2.06 bits per heavy atom. The number of hydrogen-bond acceptors (Lipinski definition) is 4. The van der Waals surface area contributed by atoms with Crippen LogP contribution in [0.2, 0.25) is 0 Å². The molecule has 17 heavy (non-hydrogen) atoms. The number of hydrogen-bond donors (Lipinski definition) is 4. The molecular formula is C11H16N4O2. The Hall–Kier alpha value is -1.92. The number of nitrogens with two attached hydrogens (primary N) is 3. The van der Waals surface area contributed by atoms with Gasteiger partial charge in [0, 0.05) is 12.2 Å². The second-order valence-electron chi connectivity index (χ2n) is 3.67. The summed E-state index contributed by atoms with van der Waals surface area (Å²) in [4.78, 5) is 22.2. The quantitative estimate of drug-likeness (QED) is 0.538. The van der Waals surface area contributed by atoms with E-state index in [1.54, 1.807) is 18.2 Å². The van der Waals surface area contributed by atoms with Gasteiger partial charge >= 0.3 is 0 Å². The number of carbonyl (C=O) groups excluding carboxylic acids is 2. The average Bonchev–Trinajstić information content (AvgIpc) is 2.28. The van der Waals surface area contributed by atoms with Crippen molar-refractivity contribution in [3.8, 4) is 0 Å². The third kappa shape index (κ3) is 4.21. The number of anilines is 1. The number of amides is 2. The first-order valence-corrected chi connectivity index (χ1v) is 5.16. The fourth-order valence-corrected chi connectivity index (χ4v) is 1.32. The van der Waals surface area contributed by atoms with E-state index in [0.717, 1.165) is 5.56 Å². The van der Waals surface area contributed by atoms with Crippen LogP contribution in [0.15, 0.2) is 24.3 Å². The van der Waals surface area contributed by atoms with Crippen LogP contribution in [0.4, 0.5) is 5.69 Å². The standard InChI is InChI=1S/C11H16N4O2/c12-6-7-2-1-3-8(4-7)15-11(17)9(13)5-10(14)16/h1-4,9H,5-6,12-13H2,(H2,14,16)(H,15,17)/t9-/m0/s1.